The van der Waals surface area contributed by atoms with Gasteiger partial charge in [0.1, 0.15) is 5.82 Å². The van der Waals surface area contributed by atoms with E-state index in [2.05, 4.69) is 15.5 Å². The summed E-state index contributed by atoms with van der Waals surface area (Å²) >= 11 is 0.951. The minimum atomic E-state index is -4.50. The minimum Gasteiger partial charge on any atom is -0.411 e. The topological polar surface area (TPSA) is 68.0 Å². The van der Waals surface area contributed by atoms with E-state index in [0.29, 0.717) is 5.56 Å². The number of rotatable bonds is 5. The Morgan fingerprint density at radius 3 is 2.54 bits per heavy atom. The largest absolute Gasteiger partial charge is 0.416 e. The van der Waals surface area contributed by atoms with Gasteiger partial charge in [-0.05, 0) is 49.4 Å². The fraction of sp³-hybridized carbons (Fsp3) is 0.167. The number of halogens is 4. The summed E-state index contributed by atoms with van der Waals surface area (Å²) in [6.45, 7) is 1.55. The predicted octanol–water partition coefficient (Wildman–Crippen LogP) is 5.01. The Bertz CT molecular complexity index is 973. The molecule has 0 aliphatic carbocycles. The second kappa shape index (κ2) is 8.01. The van der Waals surface area contributed by atoms with Crippen molar-refractivity contribution < 1.29 is 26.8 Å². The molecule has 0 radical (unpaired) electrons. The zero-order chi connectivity index (χ0) is 20.3. The Hall–Kier alpha value is -2.88. The Kier molecular flexibility index (Phi) is 5.68. The number of carbonyl (C=O) groups excluding carboxylic acids is 1. The van der Waals surface area contributed by atoms with E-state index in [4.69, 9.17) is 4.42 Å². The maximum atomic E-state index is 13.0. The molecule has 0 aliphatic heterocycles. The number of benzene rings is 2. The standard InChI is InChI=1S/C18H13F4N3O2S/c1-10(15(26)23-14-4-2-3-12(9-14)18(20,21)22)28-17-25-24-16(27-17)11-5-7-13(19)8-6-11/h2-10H,1H3,(H,23,26)/t10-/m1/s1. The van der Waals surface area contributed by atoms with Gasteiger partial charge in [-0.1, -0.05) is 17.8 Å². The molecule has 146 valence electrons. The van der Waals surface area contributed by atoms with Gasteiger partial charge in [0.25, 0.3) is 5.22 Å². The van der Waals surface area contributed by atoms with Crippen molar-refractivity contribution in [2.45, 2.75) is 23.6 Å². The fourth-order valence-electron chi connectivity index (χ4n) is 2.19. The summed E-state index contributed by atoms with van der Waals surface area (Å²) in [5.74, 6) is -0.767. The molecule has 3 rings (SSSR count). The van der Waals surface area contributed by atoms with Gasteiger partial charge in [-0.3, -0.25) is 4.79 Å². The molecule has 28 heavy (non-hydrogen) atoms. The number of hydrogen-bond donors (Lipinski definition) is 1. The minimum absolute atomic E-state index is 0.0322. The van der Waals surface area contributed by atoms with Crippen molar-refractivity contribution in [3.8, 4) is 11.5 Å². The van der Waals surface area contributed by atoms with Crippen LogP contribution in [-0.2, 0) is 11.0 Å². The number of nitrogens with one attached hydrogen (secondary N) is 1. The third kappa shape index (κ3) is 4.89. The SMILES string of the molecule is C[C@@H](Sc1nnc(-c2ccc(F)cc2)o1)C(=O)Nc1cccc(C(F)(F)F)c1. The molecule has 0 bridgehead atoms. The van der Waals surface area contributed by atoms with Crippen LogP contribution in [0.15, 0.2) is 58.2 Å². The maximum absolute atomic E-state index is 13.0. The second-order valence-corrected chi connectivity index (χ2v) is 7.00. The molecule has 0 aliphatic rings. The lowest BCUT2D eigenvalue weighted by molar-refractivity contribution is -0.137. The highest BCUT2D eigenvalue weighted by Gasteiger charge is 2.30. The van der Waals surface area contributed by atoms with E-state index in [1.807, 2.05) is 0 Å². The summed E-state index contributed by atoms with van der Waals surface area (Å²) in [5.41, 5.74) is -0.307. The summed E-state index contributed by atoms with van der Waals surface area (Å²) in [4.78, 5) is 12.2. The zero-order valence-corrected chi connectivity index (χ0v) is 15.1. The van der Waals surface area contributed by atoms with E-state index in [1.54, 1.807) is 6.92 Å². The average Bonchev–Trinajstić information content (AvgIpc) is 3.10. The second-order valence-electron chi connectivity index (χ2n) is 5.71. The Balaban J connectivity index is 1.64. The highest BCUT2D eigenvalue weighted by molar-refractivity contribution is 8.00. The Morgan fingerprint density at radius 2 is 1.86 bits per heavy atom. The molecule has 1 heterocycles. The molecule has 2 aromatic carbocycles. The van der Waals surface area contributed by atoms with Crippen molar-refractivity contribution in [2.75, 3.05) is 5.32 Å². The van der Waals surface area contributed by atoms with Crippen molar-refractivity contribution in [2.24, 2.45) is 0 Å². The molecule has 3 aromatic rings. The van der Waals surface area contributed by atoms with Crippen LogP contribution in [0.4, 0.5) is 23.2 Å². The molecular weight excluding hydrogens is 398 g/mol. The first-order chi connectivity index (χ1) is 13.2. The lowest BCUT2D eigenvalue weighted by Gasteiger charge is -2.12. The van der Waals surface area contributed by atoms with Gasteiger partial charge >= 0.3 is 6.18 Å². The summed E-state index contributed by atoms with van der Waals surface area (Å²) in [6.07, 6.45) is -4.50. The number of hydrogen-bond acceptors (Lipinski definition) is 5. The summed E-state index contributed by atoms with van der Waals surface area (Å²) in [5, 5.41) is 9.47. The molecule has 1 amide bonds. The van der Waals surface area contributed by atoms with Gasteiger partial charge in [-0.25, -0.2) is 4.39 Å². The van der Waals surface area contributed by atoms with Crippen LogP contribution in [0, 0.1) is 5.82 Å². The van der Waals surface area contributed by atoms with Crippen molar-refractivity contribution in [1.82, 2.24) is 10.2 Å². The first kappa shape index (κ1) is 19.9. The van der Waals surface area contributed by atoms with Crippen LogP contribution in [0.3, 0.4) is 0 Å². The zero-order valence-electron chi connectivity index (χ0n) is 14.3. The van der Waals surface area contributed by atoms with E-state index in [-0.39, 0.29) is 16.8 Å². The van der Waals surface area contributed by atoms with Crippen molar-refractivity contribution in [3.63, 3.8) is 0 Å². The smallest absolute Gasteiger partial charge is 0.411 e. The first-order valence-electron chi connectivity index (χ1n) is 7.96. The van der Waals surface area contributed by atoms with E-state index in [9.17, 15) is 22.4 Å². The molecule has 0 spiro atoms. The Labute approximate surface area is 161 Å². The van der Waals surface area contributed by atoms with Gasteiger partial charge in [-0.15, -0.1) is 10.2 Å². The van der Waals surface area contributed by atoms with Crippen LogP contribution in [0.2, 0.25) is 0 Å². The van der Waals surface area contributed by atoms with Crippen LogP contribution in [-0.4, -0.2) is 21.4 Å². The van der Waals surface area contributed by atoms with E-state index >= 15 is 0 Å². The molecule has 10 heteroatoms. The monoisotopic (exact) mass is 411 g/mol. The highest BCUT2D eigenvalue weighted by atomic mass is 32.2. The van der Waals surface area contributed by atoms with Crippen LogP contribution in [0.25, 0.3) is 11.5 Å². The lowest BCUT2D eigenvalue weighted by Crippen LogP contribution is -2.22. The summed E-state index contributed by atoms with van der Waals surface area (Å²) in [6, 6.07) is 9.79. The average molecular weight is 411 g/mol. The van der Waals surface area contributed by atoms with E-state index in [0.717, 1.165) is 23.9 Å². The fourth-order valence-corrected chi connectivity index (χ4v) is 2.87. The van der Waals surface area contributed by atoms with Gasteiger partial charge in [0.05, 0.1) is 10.8 Å². The molecule has 0 saturated carbocycles. The number of anilines is 1. The number of aromatic nitrogens is 2. The van der Waals surface area contributed by atoms with Gasteiger partial charge in [-0.2, -0.15) is 13.2 Å². The number of amides is 1. The van der Waals surface area contributed by atoms with Crippen molar-refractivity contribution >= 4 is 23.4 Å². The first-order valence-corrected chi connectivity index (χ1v) is 8.84. The molecule has 1 aromatic heterocycles. The van der Waals surface area contributed by atoms with Crippen LogP contribution < -0.4 is 5.32 Å². The molecule has 0 fully saturated rings. The third-order valence-electron chi connectivity index (χ3n) is 3.60. The van der Waals surface area contributed by atoms with Crippen LogP contribution >= 0.6 is 11.8 Å². The van der Waals surface area contributed by atoms with Gasteiger partial charge < -0.3 is 9.73 Å². The van der Waals surface area contributed by atoms with Gasteiger partial charge in [0.15, 0.2) is 0 Å². The van der Waals surface area contributed by atoms with Crippen LogP contribution in [0.5, 0.6) is 0 Å². The molecular formula is C18H13F4N3O2S. The maximum Gasteiger partial charge on any atom is 0.416 e. The van der Waals surface area contributed by atoms with Crippen LogP contribution in [0.1, 0.15) is 12.5 Å². The van der Waals surface area contributed by atoms with Crippen molar-refractivity contribution in [1.29, 1.82) is 0 Å². The summed E-state index contributed by atoms with van der Waals surface area (Å²) in [7, 11) is 0. The number of carbonyl (C=O) groups is 1. The lowest BCUT2D eigenvalue weighted by atomic mass is 10.2. The number of thioether (sulfide) groups is 1. The van der Waals surface area contributed by atoms with Gasteiger partial charge in [0.2, 0.25) is 11.8 Å². The molecule has 0 unspecified atom stereocenters. The molecule has 1 atom stereocenters. The molecule has 0 saturated heterocycles. The molecule has 1 N–H and O–H groups in total. The Morgan fingerprint density at radius 1 is 1.14 bits per heavy atom. The third-order valence-corrected chi connectivity index (χ3v) is 4.54. The molecule has 5 nitrogen and oxygen atoms in total. The normalized spacial score (nSPS) is 12.6. The van der Waals surface area contributed by atoms with E-state index < -0.39 is 28.7 Å². The summed E-state index contributed by atoms with van der Waals surface area (Å²) < 4.78 is 56.6. The number of alkyl halides is 3. The van der Waals surface area contributed by atoms with Crippen molar-refractivity contribution in [3.05, 3.63) is 59.9 Å². The highest BCUT2D eigenvalue weighted by Crippen LogP contribution is 2.31. The van der Waals surface area contributed by atoms with E-state index in [1.165, 1.54) is 36.4 Å². The predicted molar refractivity (Wildman–Crippen MR) is 95.1 cm³/mol. The van der Waals surface area contributed by atoms with Gasteiger partial charge in [0, 0.05) is 11.3 Å². The number of nitrogens with zero attached hydrogens (tertiary/aromatic N) is 2. The quantitative estimate of drug-likeness (QED) is 0.472.